The zero-order chi connectivity index (χ0) is 36.1. The molecule has 54 heavy (non-hydrogen) atoms. The van der Waals surface area contributed by atoms with Crippen LogP contribution in [0.1, 0.15) is 5.56 Å². The van der Waals surface area contributed by atoms with E-state index in [1.807, 2.05) is 24.3 Å². The van der Waals surface area contributed by atoms with E-state index in [0.29, 0.717) is 0 Å². The quantitative estimate of drug-likeness (QED) is 0.189. The maximum Gasteiger partial charge on any atom is 0.115 e. The van der Waals surface area contributed by atoms with Crippen molar-refractivity contribution in [1.82, 2.24) is 0 Å². The lowest BCUT2D eigenvalue weighted by atomic mass is 9.87. The van der Waals surface area contributed by atoms with E-state index in [1.165, 1.54) is 87.1 Å². The third-order valence-corrected chi connectivity index (χ3v) is 11.4. The zero-order valence-corrected chi connectivity index (χ0v) is 29.5. The highest BCUT2D eigenvalue weighted by atomic mass is 16.3. The Hall–Kier alpha value is -7.10. The molecule has 11 aromatic carbocycles. The molecular weight excluding hydrogens is 659 g/mol. The average Bonchev–Trinajstić information content (AvgIpc) is 3.73. The summed E-state index contributed by atoms with van der Waals surface area (Å²) in [4.78, 5) is 2.21. The second-order valence-corrected chi connectivity index (χ2v) is 14.4. The normalized spacial score (nSPS) is 11.9. The van der Waals surface area contributed by atoms with Crippen LogP contribution in [0.3, 0.4) is 0 Å². The predicted octanol–water partition coefficient (Wildman–Crippen LogP) is 14.0. The van der Waals surface area contributed by atoms with E-state index in [9.17, 15) is 10.2 Å². The van der Waals surface area contributed by atoms with Crippen LogP contribution in [0.25, 0.3) is 86.9 Å². The van der Waals surface area contributed by atoms with Crippen molar-refractivity contribution in [3.8, 4) is 33.8 Å². The first-order valence-corrected chi connectivity index (χ1v) is 18.4. The van der Waals surface area contributed by atoms with Crippen molar-refractivity contribution in [2.75, 3.05) is 4.90 Å². The molecule has 3 nitrogen and oxygen atoms in total. The summed E-state index contributed by atoms with van der Waals surface area (Å²) >= 11 is 0. The summed E-state index contributed by atoms with van der Waals surface area (Å²) in [6.07, 6.45) is 0. The molecule has 0 amide bonds. The predicted molar refractivity (Wildman–Crippen MR) is 227 cm³/mol. The molecule has 0 unspecified atom stereocenters. The number of phenolic OH excluding ortho intramolecular Hbond substituents is 2. The van der Waals surface area contributed by atoms with Crippen LogP contribution in [-0.2, 0) is 0 Å². The molecule has 0 spiro atoms. The first-order chi connectivity index (χ1) is 26.6. The third-order valence-electron chi connectivity index (χ3n) is 11.4. The molecular formula is C51H33NO2. The highest BCUT2D eigenvalue weighted by Gasteiger charge is 2.28. The van der Waals surface area contributed by atoms with Gasteiger partial charge in [-0.1, -0.05) is 115 Å². The summed E-state index contributed by atoms with van der Waals surface area (Å²) in [5, 5.41) is 35.6. The molecule has 11 aromatic rings. The Bertz CT molecular complexity index is 3060. The maximum absolute atomic E-state index is 10.2. The zero-order valence-electron chi connectivity index (χ0n) is 29.5. The average molecular weight is 692 g/mol. The number of hydrogen-bond donors (Lipinski definition) is 2. The number of anilines is 3. The van der Waals surface area contributed by atoms with Crippen LogP contribution in [0.4, 0.5) is 17.1 Å². The van der Waals surface area contributed by atoms with Gasteiger partial charge in [0.2, 0.25) is 0 Å². The van der Waals surface area contributed by atoms with Gasteiger partial charge in [-0.25, -0.2) is 0 Å². The van der Waals surface area contributed by atoms with Gasteiger partial charge in [0.15, 0.2) is 0 Å². The minimum absolute atomic E-state index is 0.211. The van der Waals surface area contributed by atoms with Crippen LogP contribution < -0.4 is 4.90 Å². The molecule has 0 atom stereocenters. The SMILES string of the molecule is Cc1ccc2c3c(-c4ccccc4)c4c5cccc6c(N(c7ccc(O)cc7)c7ccc(O)cc7)ccc(c4c(-c4ccccc4)c3c3cccc1c23)c65. The van der Waals surface area contributed by atoms with Gasteiger partial charge >= 0.3 is 0 Å². The fourth-order valence-corrected chi connectivity index (χ4v) is 9.22. The molecule has 0 saturated heterocycles. The highest BCUT2D eigenvalue weighted by Crippen LogP contribution is 2.56. The van der Waals surface area contributed by atoms with Crippen LogP contribution in [0, 0.1) is 6.92 Å². The first-order valence-electron chi connectivity index (χ1n) is 18.4. The van der Waals surface area contributed by atoms with Crippen LogP contribution in [-0.4, -0.2) is 10.2 Å². The van der Waals surface area contributed by atoms with E-state index in [0.717, 1.165) is 22.4 Å². The number of fused-ring (bicyclic) bond motifs is 6. The largest absolute Gasteiger partial charge is 0.508 e. The molecule has 0 saturated carbocycles. The fraction of sp³-hybridized carbons (Fsp3) is 0.0196. The number of aromatic hydroxyl groups is 2. The highest BCUT2D eigenvalue weighted by molar-refractivity contribution is 6.47. The maximum atomic E-state index is 10.2. The second-order valence-electron chi connectivity index (χ2n) is 14.4. The van der Waals surface area contributed by atoms with Crippen LogP contribution >= 0.6 is 0 Å². The summed E-state index contributed by atoms with van der Waals surface area (Å²) < 4.78 is 0. The van der Waals surface area contributed by atoms with E-state index in [2.05, 4.69) is 133 Å². The Morgan fingerprint density at radius 2 is 0.741 bits per heavy atom. The van der Waals surface area contributed by atoms with Gasteiger partial charge in [-0.2, -0.15) is 0 Å². The number of aryl methyl sites for hydroxylation is 1. The van der Waals surface area contributed by atoms with Gasteiger partial charge in [-0.3, -0.25) is 0 Å². The number of nitrogens with zero attached hydrogens (tertiary/aromatic N) is 1. The first kappa shape index (κ1) is 30.5. The summed E-state index contributed by atoms with van der Waals surface area (Å²) in [6, 6.07) is 59.2. The van der Waals surface area contributed by atoms with Crippen molar-refractivity contribution in [2.45, 2.75) is 6.92 Å². The topological polar surface area (TPSA) is 43.7 Å². The molecule has 2 N–H and O–H groups in total. The van der Waals surface area contributed by atoms with Gasteiger partial charge in [0.05, 0.1) is 5.69 Å². The summed E-state index contributed by atoms with van der Waals surface area (Å²) in [5.41, 5.74) is 9.04. The summed E-state index contributed by atoms with van der Waals surface area (Å²) in [7, 11) is 0. The van der Waals surface area contributed by atoms with Crippen molar-refractivity contribution in [1.29, 1.82) is 0 Å². The number of benzene rings is 9. The van der Waals surface area contributed by atoms with Crippen molar-refractivity contribution in [3.63, 3.8) is 0 Å². The molecule has 0 aromatic heterocycles. The molecule has 0 aliphatic rings. The van der Waals surface area contributed by atoms with Gasteiger partial charge in [0.1, 0.15) is 11.5 Å². The second kappa shape index (κ2) is 11.4. The number of hydrogen-bond acceptors (Lipinski definition) is 3. The molecule has 0 heterocycles. The molecule has 0 aliphatic carbocycles. The van der Waals surface area contributed by atoms with Crippen molar-refractivity contribution in [2.24, 2.45) is 0 Å². The van der Waals surface area contributed by atoms with Gasteiger partial charge in [0, 0.05) is 16.8 Å². The Kier molecular flexibility index (Phi) is 6.47. The monoisotopic (exact) mass is 691 g/mol. The third kappa shape index (κ3) is 4.24. The molecule has 0 bridgehead atoms. The molecule has 0 radical (unpaired) electrons. The number of phenols is 2. The van der Waals surface area contributed by atoms with Gasteiger partial charge in [0.25, 0.3) is 0 Å². The lowest BCUT2D eigenvalue weighted by Crippen LogP contribution is -2.10. The molecule has 254 valence electrons. The number of rotatable bonds is 5. The summed E-state index contributed by atoms with van der Waals surface area (Å²) in [5.74, 6) is 0.422. The Morgan fingerprint density at radius 1 is 0.333 bits per heavy atom. The smallest absolute Gasteiger partial charge is 0.115 e. The fourth-order valence-electron chi connectivity index (χ4n) is 9.22. The minimum Gasteiger partial charge on any atom is -0.508 e. The molecule has 11 rings (SSSR count). The van der Waals surface area contributed by atoms with E-state index in [-0.39, 0.29) is 11.5 Å². The van der Waals surface area contributed by atoms with Crippen LogP contribution in [0.5, 0.6) is 11.5 Å². The Balaban J connectivity index is 1.37. The van der Waals surface area contributed by atoms with Crippen molar-refractivity contribution in [3.05, 3.63) is 175 Å². The van der Waals surface area contributed by atoms with Gasteiger partial charge < -0.3 is 15.1 Å². The Morgan fingerprint density at radius 3 is 1.24 bits per heavy atom. The molecule has 3 heteroatoms. The van der Waals surface area contributed by atoms with Crippen molar-refractivity contribution >= 4 is 81.7 Å². The standard InChI is InChI=1S/C51H33NO2/c1-30-18-27-41-46-37(30)14-8-16-39(46)48-44(31-10-4-2-5-11-31)51-42-28-29-43(52(33-19-23-35(53)24-20-33)34-21-25-36(54)26-22-34)38-15-9-17-40(47(38)42)49(51)45(50(41)48)32-12-6-3-7-13-32/h2-29,53-54H,1H3. The van der Waals surface area contributed by atoms with E-state index < -0.39 is 0 Å². The van der Waals surface area contributed by atoms with Crippen molar-refractivity contribution < 1.29 is 10.2 Å². The lowest BCUT2D eigenvalue weighted by molar-refractivity contribution is 0.475. The Labute approximate surface area is 311 Å². The molecule has 0 fully saturated rings. The van der Waals surface area contributed by atoms with Gasteiger partial charge in [-0.05, 0) is 149 Å². The van der Waals surface area contributed by atoms with Crippen LogP contribution in [0.2, 0.25) is 0 Å². The molecule has 0 aliphatic heterocycles. The van der Waals surface area contributed by atoms with Crippen LogP contribution in [0.15, 0.2) is 170 Å². The summed E-state index contributed by atoms with van der Waals surface area (Å²) in [6.45, 7) is 2.22. The minimum atomic E-state index is 0.211. The van der Waals surface area contributed by atoms with E-state index in [4.69, 9.17) is 0 Å². The van der Waals surface area contributed by atoms with E-state index >= 15 is 0 Å². The lowest BCUT2D eigenvalue weighted by Gasteiger charge is -2.27. The van der Waals surface area contributed by atoms with Gasteiger partial charge in [-0.15, -0.1) is 0 Å². The van der Waals surface area contributed by atoms with E-state index in [1.54, 1.807) is 24.3 Å².